The average Bonchev–Trinajstić information content (AvgIpc) is 2.38. The van der Waals surface area contributed by atoms with Gasteiger partial charge in [-0.25, -0.2) is 0 Å². The van der Waals surface area contributed by atoms with Crippen LogP contribution >= 0.6 is 0 Å². The fourth-order valence-electron chi connectivity index (χ4n) is 2.55. The largest absolute Gasteiger partial charge is 0.356 e. The number of nitrogens with zero attached hydrogens (tertiary/aromatic N) is 1. The minimum atomic E-state index is -0.495. The molecule has 0 saturated carbocycles. The summed E-state index contributed by atoms with van der Waals surface area (Å²) in [4.78, 5) is 22.2. The molecule has 0 radical (unpaired) electrons. The van der Waals surface area contributed by atoms with Crippen LogP contribution in [0.5, 0.6) is 0 Å². The van der Waals surface area contributed by atoms with Crippen LogP contribution in [0.3, 0.4) is 0 Å². The van der Waals surface area contributed by atoms with E-state index >= 15 is 0 Å². The van der Waals surface area contributed by atoms with Crippen molar-refractivity contribution in [2.45, 2.75) is 76.7 Å². The lowest BCUT2D eigenvalue weighted by molar-refractivity contribution is -0.524. The highest BCUT2D eigenvalue weighted by Gasteiger charge is 2.19. The molecule has 0 aromatic rings. The molecule has 1 saturated heterocycles. The van der Waals surface area contributed by atoms with Crippen molar-refractivity contribution in [1.82, 2.24) is 5.32 Å². The molecule has 1 N–H and O–H groups in total. The van der Waals surface area contributed by atoms with Crippen molar-refractivity contribution >= 4 is 5.91 Å². The second-order valence-corrected chi connectivity index (χ2v) is 5.44. The predicted molar refractivity (Wildman–Crippen MR) is 74.6 cm³/mol. The van der Waals surface area contributed by atoms with E-state index in [0.717, 1.165) is 25.7 Å². The Hall–Kier alpha value is -1.13. The van der Waals surface area contributed by atoms with Gasteiger partial charge in [0.25, 0.3) is 0 Å². The standard InChI is InChI=1S/C14H26N2O3/c17-14-10-8-6-4-2-1-3-5-7-9-13(16(18)19)11-12-15-14/h13H,1-12H2,(H,15,17). The van der Waals surface area contributed by atoms with E-state index < -0.39 is 6.04 Å². The molecule has 1 amide bonds. The first-order chi connectivity index (χ1) is 9.20. The molecular formula is C14H26N2O3. The summed E-state index contributed by atoms with van der Waals surface area (Å²) in [5.41, 5.74) is 0. The monoisotopic (exact) mass is 270 g/mol. The number of hydrogen-bond acceptors (Lipinski definition) is 3. The van der Waals surface area contributed by atoms with E-state index in [1.165, 1.54) is 25.7 Å². The highest BCUT2D eigenvalue weighted by Crippen LogP contribution is 2.14. The van der Waals surface area contributed by atoms with Gasteiger partial charge in [-0.05, 0) is 12.8 Å². The minimum Gasteiger partial charge on any atom is -0.356 e. The Labute approximate surface area is 115 Å². The Kier molecular flexibility index (Phi) is 8.18. The van der Waals surface area contributed by atoms with Crippen LogP contribution in [0.2, 0.25) is 0 Å². The average molecular weight is 270 g/mol. The molecule has 110 valence electrons. The smallest absolute Gasteiger partial charge is 0.219 e. The lowest BCUT2D eigenvalue weighted by Gasteiger charge is -2.10. The highest BCUT2D eigenvalue weighted by molar-refractivity contribution is 5.75. The zero-order chi connectivity index (χ0) is 13.9. The first-order valence-corrected chi connectivity index (χ1v) is 7.60. The number of nitrogens with one attached hydrogen (secondary N) is 1. The minimum absolute atomic E-state index is 0.0389. The number of nitro groups is 1. The van der Waals surface area contributed by atoms with Crippen LogP contribution in [0.15, 0.2) is 0 Å². The van der Waals surface area contributed by atoms with Crippen LogP contribution in [0.4, 0.5) is 0 Å². The maximum atomic E-state index is 11.5. The summed E-state index contributed by atoms with van der Waals surface area (Å²) in [6.45, 7) is 0.435. The molecule has 1 rings (SSSR count). The lowest BCUT2D eigenvalue weighted by atomic mass is 10.0. The van der Waals surface area contributed by atoms with Crippen molar-refractivity contribution in [3.8, 4) is 0 Å². The van der Waals surface area contributed by atoms with Crippen LogP contribution in [-0.2, 0) is 4.79 Å². The number of hydrogen-bond donors (Lipinski definition) is 1. The maximum absolute atomic E-state index is 11.5. The third-order valence-corrected chi connectivity index (χ3v) is 3.79. The van der Waals surface area contributed by atoms with Gasteiger partial charge < -0.3 is 5.32 Å². The second-order valence-electron chi connectivity index (χ2n) is 5.44. The van der Waals surface area contributed by atoms with Gasteiger partial charge in [-0.2, -0.15) is 0 Å². The normalized spacial score (nSPS) is 24.8. The van der Waals surface area contributed by atoms with Crippen molar-refractivity contribution in [2.24, 2.45) is 0 Å². The topological polar surface area (TPSA) is 72.2 Å². The van der Waals surface area contributed by atoms with Gasteiger partial charge in [0.15, 0.2) is 0 Å². The van der Waals surface area contributed by atoms with Crippen molar-refractivity contribution in [1.29, 1.82) is 0 Å². The van der Waals surface area contributed by atoms with E-state index in [9.17, 15) is 14.9 Å². The molecule has 0 spiro atoms. The molecule has 0 bridgehead atoms. The van der Waals surface area contributed by atoms with Crippen molar-refractivity contribution < 1.29 is 9.72 Å². The van der Waals surface area contributed by atoms with Crippen LogP contribution in [0, 0.1) is 10.1 Å². The molecule has 0 aromatic carbocycles. The summed E-state index contributed by atoms with van der Waals surface area (Å²) in [5, 5.41) is 13.7. The molecule has 5 nitrogen and oxygen atoms in total. The lowest BCUT2D eigenvalue weighted by Crippen LogP contribution is -2.29. The van der Waals surface area contributed by atoms with Gasteiger partial charge in [0, 0.05) is 30.7 Å². The Bertz CT molecular complexity index is 282. The third kappa shape index (κ3) is 7.80. The van der Waals surface area contributed by atoms with E-state index in [0.29, 0.717) is 25.8 Å². The fraction of sp³-hybridized carbons (Fsp3) is 0.929. The summed E-state index contributed by atoms with van der Waals surface area (Å²) in [6.07, 6.45) is 10.6. The molecule has 0 aromatic heterocycles. The summed E-state index contributed by atoms with van der Waals surface area (Å²) in [6, 6.07) is -0.495. The Morgan fingerprint density at radius 3 is 2.16 bits per heavy atom. The summed E-state index contributed by atoms with van der Waals surface area (Å²) in [5.74, 6) is 0.0389. The van der Waals surface area contributed by atoms with E-state index in [4.69, 9.17) is 0 Å². The molecule has 1 heterocycles. The number of rotatable bonds is 1. The summed E-state index contributed by atoms with van der Waals surface area (Å²) in [7, 11) is 0. The fourth-order valence-corrected chi connectivity index (χ4v) is 2.55. The van der Waals surface area contributed by atoms with Gasteiger partial charge in [0.05, 0.1) is 0 Å². The Balaban J connectivity index is 2.37. The van der Waals surface area contributed by atoms with Crippen molar-refractivity contribution in [3.05, 3.63) is 10.1 Å². The quantitative estimate of drug-likeness (QED) is 0.588. The van der Waals surface area contributed by atoms with E-state index in [2.05, 4.69) is 5.32 Å². The third-order valence-electron chi connectivity index (χ3n) is 3.79. The first-order valence-electron chi connectivity index (χ1n) is 7.60. The van der Waals surface area contributed by atoms with Gasteiger partial charge in [0.2, 0.25) is 11.9 Å². The van der Waals surface area contributed by atoms with E-state index in [-0.39, 0.29) is 10.8 Å². The van der Waals surface area contributed by atoms with Crippen LogP contribution < -0.4 is 5.32 Å². The second kappa shape index (κ2) is 9.75. The van der Waals surface area contributed by atoms with Crippen LogP contribution in [0.1, 0.15) is 70.6 Å². The van der Waals surface area contributed by atoms with Crippen molar-refractivity contribution in [3.63, 3.8) is 0 Å². The van der Waals surface area contributed by atoms with Gasteiger partial charge >= 0.3 is 0 Å². The number of carbonyl (C=O) groups is 1. The van der Waals surface area contributed by atoms with Gasteiger partial charge in [-0.1, -0.05) is 38.5 Å². The van der Waals surface area contributed by atoms with Gasteiger partial charge in [-0.3, -0.25) is 14.9 Å². The van der Waals surface area contributed by atoms with Gasteiger partial charge in [0.1, 0.15) is 0 Å². The Morgan fingerprint density at radius 1 is 0.947 bits per heavy atom. The molecule has 1 unspecified atom stereocenters. The molecule has 1 fully saturated rings. The van der Waals surface area contributed by atoms with Gasteiger partial charge in [-0.15, -0.1) is 0 Å². The SMILES string of the molecule is O=C1CCCCCCCCCCC([N+](=O)[O-])CCN1. The maximum Gasteiger partial charge on any atom is 0.219 e. The molecule has 1 aliphatic rings. The van der Waals surface area contributed by atoms with Crippen molar-refractivity contribution in [2.75, 3.05) is 6.54 Å². The first kappa shape index (κ1) is 15.9. The molecule has 1 aliphatic heterocycles. The van der Waals surface area contributed by atoms with E-state index in [1.54, 1.807) is 0 Å². The molecule has 0 aliphatic carbocycles. The van der Waals surface area contributed by atoms with E-state index in [1.807, 2.05) is 0 Å². The molecular weight excluding hydrogens is 244 g/mol. The Morgan fingerprint density at radius 2 is 1.53 bits per heavy atom. The van der Waals surface area contributed by atoms with Crippen LogP contribution in [0.25, 0.3) is 0 Å². The number of amides is 1. The zero-order valence-corrected chi connectivity index (χ0v) is 11.7. The molecule has 19 heavy (non-hydrogen) atoms. The summed E-state index contributed by atoms with van der Waals surface area (Å²) >= 11 is 0. The zero-order valence-electron chi connectivity index (χ0n) is 11.7. The molecule has 5 heteroatoms. The summed E-state index contributed by atoms with van der Waals surface area (Å²) < 4.78 is 0. The molecule has 1 atom stereocenters. The highest BCUT2D eigenvalue weighted by atomic mass is 16.6. The number of carbonyl (C=O) groups excluding carboxylic acids is 1. The van der Waals surface area contributed by atoms with Crippen LogP contribution in [-0.4, -0.2) is 23.4 Å². The predicted octanol–water partition coefficient (Wildman–Crippen LogP) is 3.05.